The zero-order valence-electron chi connectivity index (χ0n) is 21.9. The van der Waals surface area contributed by atoms with E-state index < -0.39 is 24.3 Å². The Kier molecular flexibility index (Phi) is 9.54. The summed E-state index contributed by atoms with van der Waals surface area (Å²) in [5.74, 6) is -0.137. The number of carbonyl (C=O) groups is 1. The van der Waals surface area contributed by atoms with E-state index in [9.17, 15) is 15.0 Å². The Balaban J connectivity index is 1.47. The molecule has 6 nitrogen and oxygen atoms in total. The molecule has 0 radical (unpaired) electrons. The lowest BCUT2D eigenvalue weighted by atomic mass is 9.91. The maximum atomic E-state index is 12.6. The fourth-order valence-corrected chi connectivity index (χ4v) is 5.30. The Labute approximate surface area is 220 Å². The molecule has 2 bridgehead atoms. The van der Waals surface area contributed by atoms with Crippen LogP contribution in [0.2, 0.25) is 0 Å². The van der Waals surface area contributed by atoms with Crippen molar-refractivity contribution in [2.24, 2.45) is 5.92 Å². The van der Waals surface area contributed by atoms with Crippen molar-refractivity contribution in [2.45, 2.75) is 95.1 Å². The van der Waals surface area contributed by atoms with E-state index in [-0.39, 0.29) is 24.4 Å². The molecule has 0 saturated carbocycles. The third-order valence-electron chi connectivity index (χ3n) is 7.18. The highest BCUT2D eigenvalue weighted by Crippen LogP contribution is 2.34. The zero-order chi connectivity index (χ0) is 26.4. The first-order valence-corrected chi connectivity index (χ1v) is 13.4. The highest BCUT2D eigenvalue weighted by molar-refractivity contribution is 5.82. The summed E-state index contributed by atoms with van der Waals surface area (Å²) in [6, 6.07) is 7.92. The topological polar surface area (TPSA) is 88.5 Å². The fraction of sp³-hybridized carbons (Fsp3) is 0.516. The number of hydrogen-bond acceptors (Lipinski definition) is 6. The predicted octanol–water partition coefficient (Wildman–Crippen LogP) is 4.84. The van der Waals surface area contributed by atoms with Gasteiger partial charge in [-0.15, -0.1) is 0 Å². The van der Waals surface area contributed by atoms with Crippen LogP contribution in [0.4, 0.5) is 0 Å². The second kappa shape index (κ2) is 12.8. The number of cyclic esters (lactones) is 1. The van der Waals surface area contributed by atoms with Crippen molar-refractivity contribution in [1.29, 1.82) is 0 Å². The van der Waals surface area contributed by atoms with Gasteiger partial charge in [0.15, 0.2) is 0 Å². The van der Waals surface area contributed by atoms with Crippen LogP contribution in [0.25, 0.3) is 6.08 Å². The number of hydrogen-bond donors (Lipinski definition) is 2. The van der Waals surface area contributed by atoms with Gasteiger partial charge in [0.05, 0.1) is 24.4 Å². The predicted molar refractivity (Wildman–Crippen MR) is 144 cm³/mol. The number of fused-ring (bicyclic) bond motifs is 3. The van der Waals surface area contributed by atoms with E-state index in [0.717, 1.165) is 36.0 Å². The molecular formula is C31H40O6. The number of ether oxygens (including phenoxy) is 3. The van der Waals surface area contributed by atoms with Crippen LogP contribution >= 0.6 is 0 Å². The molecule has 1 unspecified atom stereocenters. The van der Waals surface area contributed by atoms with E-state index >= 15 is 0 Å². The van der Waals surface area contributed by atoms with Crippen molar-refractivity contribution in [3.05, 3.63) is 77.9 Å². The van der Waals surface area contributed by atoms with Crippen LogP contribution < -0.4 is 0 Å². The molecule has 1 fully saturated rings. The molecule has 4 rings (SSSR count). The Hall–Kier alpha value is -2.51. The van der Waals surface area contributed by atoms with Gasteiger partial charge in [0.2, 0.25) is 0 Å². The molecule has 37 heavy (non-hydrogen) atoms. The average molecular weight is 509 g/mol. The van der Waals surface area contributed by atoms with Crippen molar-refractivity contribution < 1.29 is 29.2 Å². The van der Waals surface area contributed by atoms with Gasteiger partial charge in [-0.25, -0.2) is 4.79 Å². The maximum Gasteiger partial charge on any atom is 0.330 e. The van der Waals surface area contributed by atoms with Gasteiger partial charge in [0, 0.05) is 12.5 Å². The second-order valence-corrected chi connectivity index (χ2v) is 10.8. The second-order valence-electron chi connectivity index (χ2n) is 10.8. The standard InChI is InChI=1S/C31H40O6/c1-20-7-4-8-23(16-20)13-14-26(32)28-19-29-31(37-29)27(33)18-22(3)15-21(2)17-25-11-5-9-24(35-25)10-6-12-30(34)36-28/h4-9,12-14,16,21,24-29,31-33H,3,10-11,15,17-19H2,1-2H3/t21-,24-,25-,26-,27-,28?,29-,31-/m0/s1. The van der Waals surface area contributed by atoms with E-state index in [2.05, 4.69) is 19.6 Å². The summed E-state index contributed by atoms with van der Waals surface area (Å²) < 4.78 is 17.7. The Morgan fingerprint density at radius 2 is 1.97 bits per heavy atom. The van der Waals surface area contributed by atoms with Crippen LogP contribution in [0.15, 0.2) is 66.8 Å². The minimum Gasteiger partial charge on any atom is -0.456 e. The van der Waals surface area contributed by atoms with Gasteiger partial charge < -0.3 is 24.4 Å². The molecule has 0 aromatic heterocycles. The van der Waals surface area contributed by atoms with Crippen molar-refractivity contribution in [3.8, 4) is 0 Å². The normalized spacial score (nSPS) is 34.3. The van der Waals surface area contributed by atoms with Crippen LogP contribution in [0.1, 0.15) is 56.6 Å². The number of carbonyl (C=O) groups excluding carboxylic acids is 1. The van der Waals surface area contributed by atoms with Gasteiger partial charge in [0.1, 0.15) is 18.3 Å². The summed E-state index contributed by atoms with van der Waals surface area (Å²) in [5, 5.41) is 21.7. The number of aryl methyl sites for hydroxylation is 1. The number of benzene rings is 1. The van der Waals surface area contributed by atoms with Crippen LogP contribution in [-0.4, -0.2) is 58.9 Å². The van der Waals surface area contributed by atoms with E-state index in [4.69, 9.17) is 14.2 Å². The number of epoxide rings is 1. The molecule has 0 amide bonds. The summed E-state index contributed by atoms with van der Waals surface area (Å²) in [6.45, 7) is 8.39. The third kappa shape index (κ3) is 8.50. The van der Waals surface area contributed by atoms with Gasteiger partial charge >= 0.3 is 5.97 Å². The van der Waals surface area contributed by atoms with Crippen LogP contribution in [0.5, 0.6) is 0 Å². The van der Waals surface area contributed by atoms with Crippen LogP contribution in [0.3, 0.4) is 0 Å². The Morgan fingerprint density at radius 3 is 2.78 bits per heavy atom. The molecule has 6 heteroatoms. The Bertz CT molecular complexity index is 1030. The largest absolute Gasteiger partial charge is 0.456 e. The third-order valence-corrected chi connectivity index (χ3v) is 7.18. The first-order chi connectivity index (χ1) is 17.8. The van der Waals surface area contributed by atoms with E-state index in [1.807, 2.05) is 43.3 Å². The molecule has 2 N–H and O–H groups in total. The molecule has 200 valence electrons. The zero-order valence-corrected chi connectivity index (χ0v) is 21.9. The molecular weight excluding hydrogens is 468 g/mol. The van der Waals surface area contributed by atoms with Crippen LogP contribution in [-0.2, 0) is 19.0 Å². The molecule has 1 saturated heterocycles. The van der Waals surface area contributed by atoms with E-state index in [1.54, 1.807) is 12.2 Å². The highest BCUT2D eigenvalue weighted by atomic mass is 16.6. The summed E-state index contributed by atoms with van der Waals surface area (Å²) in [6.07, 6.45) is 11.6. The van der Waals surface area contributed by atoms with Gasteiger partial charge in [0.25, 0.3) is 0 Å². The lowest BCUT2D eigenvalue weighted by Gasteiger charge is -2.28. The molecule has 3 aliphatic heterocycles. The lowest BCUT2D eigenvalue weighted by Crippen LogP contribution is -2.32. The SMILES string of the molecule is C=C1C[C@H](C)C[C@@H]2CC=C[C@@H](CC=CC(=O)OC([C@@H](O)C=Cc3cccc(C)c3)C[C@@H]3O[C@H]3[C@@H](O)C1)O2. The monoisotopic (exact) mass is 508 g/mol. The minimum atomic E-state index is -1.02. The van der Waals surface area contributed by atoms with Crippen molar-refractivity contribution in [2.75, 3.05) is 0 Å². The number of aliphatic hydroxyl groups excluding tert-OH is 2. The Morgan fingerprint density at radius 1 is 1.14 bits per heavy atom. The fourth-order valence-electron chi connectivity index (χ4n) is 5.30. The summed E-state index contributed by atoms with van der Waals surface area (Å²) in [4.78, 5) is 12.6. The lowest BCUT2D eigenvalue weighted by molar-refractivity contribution is -0.147. The van der Waals surface area contributed by atoms with Crippen LogP contribution in [0, 0.1) is 12.8 Å². The van der Waals surface area contributed by atoms with Crippen molar-refractivity contribution >= 4 is 12.0 Å². The first kappa shape index (κ1) is 27.5. The van der Waals surface area contributed by atoms with Crippen molar-refractivity contribution in [3.63, 3.8) is 0 Å². The number of esters is 1. The average Bonchev–Trinajstić information content (AvgIpc) is 3.61. The molecule has 0 aliphatic carbocycles. The minimum absolute atomic E-state index is 0.0850. The van der Waals surface area contributed by atoms with E-state index in [1.165, 1.54) is 6.08 Å². The molecule has 8 atom stereocenters. The van der Waals surface area contributed by atoms with Gasteiger partial charge in [-0.05, 0) is 50.5 Å². The van der Waals surface area contributed by atoms with Gasteiger partial charge in [-0.1, -0.05) is 79.3 Å². The molecule has 1 aromatic carbocycles. The van der Waals surface area contributed by atoms with E-state index in [0.29, 0.717) is 25.2 Å². The first-order valence-electron chi connectivity index (χ1n) is 13.4. The maximum absolute atomic E-state index is 12.6. The number of aliphatic hydroxyl groups is 2. The molecule has 3 aliphatic rings. The molecule has 3 heterocycles. The summed E-state index contributed by atoms with van der Waals surface area (Å²) in [5.41, 5.74) is 3.06. The van der Waals surface area contributed by atoms with Crippen molar-refractivity contribution in [1.82, 2.24) is 0 Å². The smallest absolute Gasteiger partial charge is 0.330 e. The molecule has 0 spiro atoms. The summed E-state index contributed by atoms with van der Waals surface area (Å²) in [7, 11) is 0. The quantitative estimate of drug-likeness (QED) is 0.345. The number of rotatable bonds is 3. The molecule has 1 aromatic rings. The van der Waals surface area contributed by atoms with Gasteiger partial charge in [-0.3, -0.25) is 0 Å². The van der Waals surface area contributed by atoms with Gasteiger partial charge in [-0.2, -0.15) is 0 Å². The summed E-state index contributed by atoms with van der Waals surface area (Å²) >= 11 is 0. The highest BCUT2D eigenvalue weighted by Gasteiger charge is 2.46.